The number of aliphatic hydroxyl groups is 1. The van der Waals surface area contributed by atoms with Crippen LogP contribution in [0.25, 0.3) is 16.6 Å². The summed E-state index contributed by atoms with van der Waals surface area (Å²) in [6.45, 7) is 2.77. The molecule has 1 fully saturated rings. The van der Waals surface area contributed by atoms with Gasteiger partial charge in [0, 0.05) is 6.54 Å². The van der Waals surface area contributed by atoms with Gasteiger partial charge in [-0.05, 0) is 44.0 Å². The Labute approximate surface area is 166 Å². The third-order valence-corrected chi connectivity index (χ3v) is 5.46. The van der Waals surface area contributed by atoms with E-state index in [1.807, 2.05) is 37.3 Å². The smallest absolute Gasteiger partial charge is 0.261 e. The molecule has 29 heavy (non-hydrogen) atoms. The molecule has 5 rings (SSSR count). The lowest BCUT2D eigenvalue weighted by molar-refractivity contribution is 0.270. The predicted molar refractivity (Wildman–Crippen MR) is 108 cm³/mol. The van der Waals surface area contributed by atoms with E-state index < -0.39 is 0 Å². The Hall–Kier alpha value is -3.33. The molecule has 4 aromatic rings. The van der Waals surface area contributed by atoms with E-state index in [1.54, 1.807) is 15.1 Å². The van der Waals surface area contributed by atoms with Gasteiger partial charge in [-0.2, -0.15) is 4.52 Å². The van der Waals surface area contributed by atoms with Crippen molar-refractivity contribution >= 4 is 22.4 Å². The Kier molecular flexibility index (Phi) is 4.24. The molecule has 1 atom stereocenters. The van der Waals surface area contributed by atoms with Crippen molar-refractivity contribution in [2.75, 3.05) is 18.1 Å². The third-order valence-electron chi connectivity index (χ3n) is 5.46. The van der Waals surface area contributed by atoms with Crippen molar-refractivity contribution < 1.29 is 5.11 Å². The first-order chi connectivity index (χ1) is 14.2. The molecule has 1 N–H and O–H groups in total. The zero-order valence-corrected chi connectivity index (χ0v) is 16.1. The molecule has 1 unspecified atom stereocenters. The molecule has 0 spiro atoms. The monoisotopic (exact) mass is 391 g/mol. The van der Waals surface area contributed by atoms with Gasteiger partial charge in [0.2, 0.25) is 0 Å². The number of aryl methyl sites for hydroxylation is 1. The minimum Gasteiger partial charge on any atom is -0.395 e. The van der Waals surface area contributed by atoms with Crippen LogP contribution >= 0.6 is 0 Å². The molecule has 148 valence electrons. The Morgan fingerprint density at radius 2 is 2.03 bits per heavy atom. The summed E-state index contributed by atoms with van der Waals surface area (Å²) in [7, 11) is 0. The van der Waals surface area contributed by atoms with Crippen LogP contribution in [0.5, 0.6) is 0 Å². The van der Waals surface area contributed by atoms with E-state index in [4.69, 9.17) is 10.1 Å². The van der Waals surface area contributed by atoms with Gasteiger partial charge < -0.3 is 10.0 Å². The van der Waals surface area contributed by atoms with Crippen LogP contribution in [0, 0.1) is 6.92 Å². The quantitative estimate of drug-likeness (QED) is 0.562. The molecule has 1 aliphatic rings. The van der Waals surface area contributed by atoms with Gasteiger partial charge in [0.05, 0.1) is 30.1 Å². The Morgan fingerprint density at radius 1 is 1.17 bits per heavy atom. The summed E-state index contributed by atoms with van der Waals surface area (Å²) < 4.78 is 3.33. The first-order valence-electron chi connectivity index (χ1n) is 9.73. The van der Waals surface area contributed by atoms with Crippen molar-refractivity contribution in [1.82, 2.24) is 29.4 Å². The number of benzene rings is 1. The summed E-state index contributed by atoms with van der Waals surface area (Å²) in [6, 6.07) is 11.1. The van der Waals surface area contributed by atoms with Gasteiger partial charge in [-0.3, -0.25) is 9.36 Å². The second-order valence-electron chi connectivity index (χ2n) is 7.23. The van der Waals surface area contributed by atoms with E-state index in [9.17, 15) is 9.90 Å². The van der Waals surface area contributed by atoms with E-state index in [-0.39, 0.29) is 24.8 Å². The van der Waals surface area contributed by atoms with Crippen LogP contribution in [0.3, 0.4) is 0 Å². The maximum atomic E-state index is 13.1. The van der Waals surface area contributed by atoms with E-state index >= 15 is 0 Å². The number of aliphatic hydroxyl groups excluding tert-OH is 1. The van der Waals surface area contributed by atoms with E-state index in [1.165, 1.54) is 0 Å². The molecular formula is C20H21N7O2. The molecule has 0 radical (unpaired) electrons. The van der Waals surface area contributed by atoms with Crippen LogP contribution in [0.15, 0.2) is 41.2 Å². The molecule has 0 saturated carbocycles. The summed E-state index contributed by atoms with van der Waals surface area (Å²) in [4.78, 5) is 20.1. The van der Waals surface area contributed by atoms with Gasteiger partial charge in [0.15, 0.2) is 11.5 Å². The van der Waals surface area contributed by atoms with E-state index in [0.717, 1.165) is 31.0 Å². The number of anilines is 1. The van der Waals surface area contributed by atoms with Gasteiger partial charge in [-0.15, -0.1) is 15.3 Å². The van der Waals surface area contributed by atoms with Gasteiger partial charge >= 0.3 is 0 Å². The molecule has 1 saturated heterocycles. The summed E-state index contributed by atoms with van der Waals surface area (Å²) in [5, 5.41) is 23.0. The number of rotatable bonds is 4. The SMILES string of the molecule is Cc1nnc2ccc(N3CCCC3c3nc4ccccc4c(=O)n3CCO)nn12. The Balaban J connectivity index is 1.65. The molecule has 0 aliphatic carbocycles. The van der Waals surface area contributed by atoms with Crippen molar-refractivity contribution in [2.24, 2.45) is 0 Å². The summed E-state index contributed by atoms with van der Waals surface area (Å²) in [5.41, 5.74) is 1.25. The molecule has 9 heteroatoms. The van der Waals surface area contributed by atoms with Gasteiger partial charge in [0.1, 0.15) is 11.6 Å². The number of aromatic nitrogens is 6. The zero-order valence-electron chi connectivity index (χ0n) is 16.1. The lowest BCUT2D eigenvalue weighted by atomic mass is 10.1. The number of hydrogen-bond donors (Lipinski definition) is 1. The Bertz CT molecular complexity index is 1260. The fraction of sp³-hybridized carbons (Fsp3) is 0.350. The van der Waals surface area contributed by atoms with Crippen molar-refractivity contribution in [3.63, 3.8) is 0 Å². The molecular weight excluding hydrogens is 370 g/mol. The van der Waals surface area contributed by atoms with Crippen LogP contribution in [-0.4, -0.2) is 47.6 Å². The highest BCUT2D eigenvalue weighted by atomic mass is 16.3. The summed E-state index contributed by atoms with van der Waals surface area (Å²) in [5.74, 6) is 2.18. The van der Waals surface area contributed by atoms with Crippen LogP contribution < -0.4 is 10.5 Å². The van der Waals surface area contributed by atoms with E-state index in [2.05, 4.69) is 15.1 Å². The summed E-state index contributed by atoms with van der Waals surface area (Å²) >= 11 is 0. The average Bonchev–Trinajstić information content (AvgIpc) is 3.37. The zero-order chi connectivity index (χ0) is 20.0. The number of para-hydroxylation sites is 1. The highest BCUT2D eigenvalue weighted by molar-refractivity contribution is 5.77. The van der Waals surface area contributed by atoms with Gasteiger partial charge in [-0.25, -0.2) is 4.98 Å². The first kappa shape index (κ1) is 17.7. The average molecular weight is 391 g/mol. The fourth-order valence-electron chi connectivity index (χ4n) is 4.10. The lowest BCUT2D eigenvalue weighted by Crippen LogP contribution is -2.33. The molecule has 3 aromatic heterocycles. The van der Waals surface area contributed by atoms with Crippen LogP contribution in [0.2, 0.25) is 0 Å². The van der Waals surface area contributed by atoms with E-state index in [0.29, 0.717) is 22.4 Å². The van der Waals surface area contributed by atoms with Crippen molar-refractivity contribution in [3.8, 4) is 0 Å². The Morgan fingerprint density at radius 3 is 2.90 bits per heavy atom. The topological polar surface area (TPSA) is 101 Å². The minimum atomic E-state index is -0.121. The van der Waals surface area contributed by atoms with Crippen molar-refractivity contribution in [1.29, 1.82) is 0 Å². The molecule has 1 aliphatic heterocycles. The van der Waals surface area contributed by atoms with Crippen molar-refractivity contribution in [2.45, 2.75) is 32.4 Å². The minimum absolute atomic E-state index is 0.0967. The van der Waals surface area contributed by atoms with Gasteiger partial charge in [-0.1, -0.05) is 12.1 Å². The predicted octanol–water partition coefficient (Wildman–Crippen LogP) is 1.48. The maximum Gasteiger partial charge on any atom is 0.261 e. The largest absolute Gasteiger partial charge is 0.395 e. The number of hydrogen-bond acceptors (Lipinski definition) is 7. The number of fused-ring (bicyclic) bond motifs is 2. The molecule has 4 heterocycles. The molecule has 0 amide bonds. The highest BCUT2D eigenvalue weighted by Gasteiger charge is 2.31. The first-order valence-corrected chi connectivity index (χ1v) is 9.73. The van der Waals surface area contributed by atoms with Gasteiger partial charge in [0.25, 0.3) is 5.56 Å². The van der Waals surface area contributed by atoms with Crippen LogP contribution in [0.4, 0.5) is 5.82 Å². The molecule has 9 nitrogen and oxygen atoms in total. The number of nitrogens with zero attached hydrogens (tertiary/aromatic N) is 7. The van der Waals surface area contributed by atoms with Crippen LogP contribution in [-0.2, 0) is 6.54 Å². The third kappa shape index (κ3) is 2.85. The van der Waals surface area contributed by atoms with Crippen molar-refractivity contribution in [3.05, 3.63) is 58.4 Å². The van der Waals surface area contributed by atoms with Crippen LogP contribution in [0.1, 0.15) is 30.5 Å². The molecule has 1 aromatic carbocycles. The maximum absolute atomic E-state index is 13.1. The highest BCUT2D eigenvalue weighted by Crippen LogP contribution is 2.34. The fourth-order valence-corrected chi connectivity index (χ4v) is 4.10. The molecule has 0 bridgehead atoms. The normalized spacial score (nSPS) is 16.9. The second-order valence-corrected chi connectivity index (χ2v) is 7.23. The second kappa shape index (κ2) is 6.93. The lowest BCUT2D eigenvalue weighted by Gasteiger charge is -2.27. The standard InChI is InChI=1S/C20H21N7O2/c1-13-22-23-17-8-9-18(24-27(13)17)25-10-4-7-16(25)19-21-15-6-3-2-5-14(15)20(29)26(19)11-12-28/h2-3,5-6,8-9,16,28H,4,7,10-12H2,1H3. The summed E-state index contributed by atoms with van der Waals surface area (Å²) in [6.07, 6.45) is 1.82.